The standard InChI is InChI=1S/C9H13N3O4S/c1-11-7-3-4-12(17(2,15)16)8(9(13)14)6(7)5-10-11/h5,8H,3-4H2,1-2H3,(H,13,14). The molecule has 8 heteroatoms. The summed E-state index contributed by atoms with van der Waals surface area (Å²) in [6, 6.07) is -1.16. The van der Waals surface area contributed by atoms with Gasteiger partial charge in [-0.25, -0.2) is 8.42 Å². The third kappa shape index (κ3) is 1.93. The summed E-state index contributed by atoms with van der Waals surface area (Å²) in [5.74, 6) is -1.18. The molecule has 0 aromatic carbocycles. The molecule has 0 aliphatic carbocycles. The molecule has 1 aliphatic rings. The zero-order valence-corrected chi connectivity index (χ0v) is 10.3. The first-order valence-corrected chi connectivity index (χ1v) is 6.87. The number of carboxylic acid groups (broad SMARTS) is 1. The zero-order valence-electron chi connectivity index (χ0n) is 9.49. The van der Waals surface area contributed by atoms with E-state index in [0.717, 1.165) is 16.3 Å². The van der Waals surface area contributed by atoms with Gasteiger partial charge in [0.25, 0.3) is 0 Å². The van der Waals surface area contributed by atoms with E-state index in [1.54, 1.807) is 11.7 Å². The van der Waals surface area contributed by atoms with Gasteiger partial charge in [-0.3, -0.25) is 9.48 Å². The molecule has 94 valence electrons. The van der Waals surface area contributed by atoms with Crippen molar-refractivity contribution in [3.05, 3.63) is 17.5 Å². The number of hydrogen-bond acceptors (Lipinski definition) is 4. The molecule has 0 saturated carbocycles. The van der Waals surface area contributed by atoms with E-state index in [4.69, 9.17) is 0 Å². The molecule has 0 saturated heterocycles. The van der Waals surface area contributed by atoms with Crippen LogP contribution in [0.3, 0.4) is 0 Å². The van der Waals surface area contributed by atoms with Crippen LogP contribution in [0.4, 0.5) is 0 Å². The molecule has 1 N–H and O–H groups in total. The highest BCUT2D eigenvalue weighted by Gasteiger charge is 2.39. The minimum Gasteiger partial charge on any atom is -0.480 e. The van der Waals surface area contributed by atoms with Gasteiger partial charge in [0.05, 0.1) is 12.5 Å². The van der Waals surface area contributed by atoms with Crippen molar-refractivity contribution in [3.63, 3.8) is 0 Å². The van der Waals surface area contributed by atoms with E-state index < -0.39 is 22.0 Å². The van der Waals surface area contributed by atoms with Crippen molar-refractivity contribution in [2.75, 3.05) is 12.8 Å². The summed E-state index contributed by atoms with van der Waals surface area (Å²) in [5, 5.41) is 13.2. The molecule has 0 radical (unpaired) electrons. The number of aromatic nitrogens is 2. The Morgan fingerprint density at radius 3 is 2.76 bits per heavy atom. The summed E-state index contributed by atoms with van der Waals surface area (Å²) in [4.78, 5) is 11.2. The van der Waals surface area contributed by atoms with Crippen LogP contribution in [0.15, 0.2) is 6.20 Å². The van der Waals surface area contributed by atoms with Crippen LogP contribution in [0, 0.1) is 0 Å². The van der Waals surface area contributed by atoms with Crippen LogP contribution >= 0.6 is 0 Å². The van der Waals surface area contributed by atoms with Gasteiger partial charge in [-0.05, 0) is 0 Å². The maximum Gasteiger partial charge on any atom is 0.326 e. The average molecular weight is 259 g/mol. The second kappa shape index (κ2) is 3.81. The van der Waals surface area contributed by atoms with Crippen LogP contribution in [-0.2, 0) is 28.3 Å². The first-order valence-electron chi connectivity index (χ1n) is 5.02. The number of carbonyl (C=O) groups is 1. The summed E-state index contributed by atoms with van der Waals surface area (Å²) in [5.41, 5.74) is 1.23. The fraction of sp³-hybridized carbons (Fsp3) is 0.556. The summed E-state index contributed by atoms with van der Waals surface area (Å²) in [6.07, 6.45) is 2.92. The minimum atomic E-state index is -3.54. The van der Waals surface area contributed by atoms with Crippen molar-refractivity contribution < 1.29 is 18.3 Å². The van der Waals surface area contributed by atoms with Gasteiger partial charge < -0.3 is 5.11 Å². The molecule has 2 heterocycles. The highest BCUT2D eigenvalue weighted by atomic mass is 32.2. The zero-order chi connectivity index (χ0) is 12.8. The first-order chi connectivity index (χ1) is 7.82. The van der Waals surface area contributed by atoms with Gasteiger partial charge in [-0.15, -0.1) is 0 Å². The number of fused-ring (bicyclic) bond motifs is 1. The number of carboxylic acids is 1. The van der Waals surface area contributed by atoms with Crippen LogP contribution in [-0.4, -0.2) is 46.4 Å². The molecule has 7 nitrogen and oxygen atoms in total. The molecule has 0 fully saturated rings. The maximum absolute atomic E-state index is 11.6. The van der Waals surface area contributed by atoms with Gasteiger partial charge in [0.1, 0.15) is 0 Å². The van der Waals surface area contributed by atoms with Crippen molar-refractivity contribution in [2.45, 2.75) is 12.5 Å². The van der Waals surface area contributed by atoms with Crippen LogP contribution in [0.1, 0.15) is 17.3 Å². The molecule has 17 heavy (non-hydrogen) atoms. The molecule has 1 aromatic rings. The molecular formula is C9H13N3O4S. The smallest absolute Gasteiger partial charge is 0.326 e. The van der Waals surface area contributed by atoms with E-state index in [1.165, 1.54) is 6.20 Å². The van der Waals surface area contributed by atoms with E-state index >= 15 is 0 Å². The number of sulfonamides is 1. The highest BCUT2D eigenvalue weighted by Crippen LogP contribution is 2.31. The number of rotatable bonds is 2. The lowest BCUT2D eigenvalue weighted by molar-refractivity contribution is -0.142. The van der Waals surface area contributed by atoms with Crippen molar-refractivity contribution in [1.82, 2.24) is 14.1 Å². The number of nitrogens with zero attached hydrogens (tertiary/aromatic N) is 3. The van der Waals surface area contributed by atoms with Crippen LogP contribution in [0.2, 0.25) is 0 Å². The third-order valence-electron chi connectivity index (χ3n) is 2.91. The van der Waals surface area contributed by atoms with Crippen molar-refractivity contribution in [1.29, 1.82) is 0 Å². The Labute approximate surface area is 98.7 Å². The second-order valence-corrected chi connectivity index (χ2v) is 5.97. The summed E-state index contributed by atoms with van der Waals surface area (Å²) < 4.78 is 25.7. The first kappa shape index (κ1) is 12.1. The predicted molar refractivity (Wildman–Crippen MR) is 58.8 cm³/mol. The Balaban J connectivity index is 2.54. The molecule has 1 aromatic heterocycles. The van der Waals surface area contributed by atoms with E-state index in [1.807, 2.05) is 0 Å². The molecule has 0 bridgehead atoms. The van der Waals surface area contributed by atoms with E-state index in [9.17, 15) is 18.3 Å². The van der Waals surface area contributed by atoms with Gasteiger partial charge in [-0.1, -0.05) is 0 Å². The topological polar surface area (TPSA) is 92.5 Å². The normalized spacial score (nSPS) is 21.2. The molecule has 1 atom stereocenters. The predicted octanol–water partition coefficient (Wildman–Crippen LogP) is -0.636. The summed E-state index contributed by atoms with van der Waals surface area (Å²) in [6.45, 7) is 0.169. The fourth-order valence-corrected chi connectivity index (χ4v) is 3.14. The number of aliphatic carboxylic acids is 1. The Bertz CT molecular complexity index is 563. The highest BCUT2D eigenvalue weighted by molar-refractivity contribution is 7.88. The number of aryl methyl sites for hydroxylation is 1. The van der Waals surface area contributed by atoms with Crippen LogP contribution < -0.4 is 0 Å². The Morgan fingerprint density at radius 2 is 2.24 bits per heavy atom. The third-order valence-corrected chi connectivity index (χ3v) is 4.15. The van der Waals surface area contributed by atoms with Gasteiger partial charge in [0, 0.05) is 31.3 Å². The lowest BCUT2D eigenvalue weighted by atomic mass is 10.0. The number of hydrogen-bond donors (Lipinski definition) is 1. The minimum absolute atomic E-state index is 0.169. The van der Waals surface area contributed by atoms with E-state index in [2.05, 4.69) is 5.10 Å². The summed E-state index contributed by atoms with van der Waals surface area (Å²) >= 11 is 0. The van der Waals surface area contributed by atoms with Crippen molar-refractivity contribution in [2.24, 2.45) is 7.05 Å². The lowest BCUT2D eigenvalue weighted by Gasteiger charge is -2.30. The molecular weight excluding hydrogens is 246 g/mol. The SMILES string of the molecule is Cn1ncc2c1CCN(S(C)(=O)=O)C2C(=O)O. The van der Waals surface area contributed by atoms with Gasteiger partial charge in [0.2, 0.25) is 10.0 Å². The summed E-state index contributed by atoms with van der Waals surface area (Å²) in [7, 11) is -1.82. The monoisotopic (exact) mass is 259 g/mol. The van der Waals surface area contributed by atoms with Gasteiger partial charge >= 0.3 is 5.97 Å². The molecule has 0 amide bonds. The lowest BCUT2D eigenvalue weighted by Crippen LogP contribution is -2.43. The molecule has 2 rings (SSSR count). The van der Waals surface area contributed by atoms with Crippen molar-refractivity contribution >= 4 is 16.0 Å². The Hall–Kier alpha value is -1.41. The maximum atomic E-state index is 11.6. The second-order valence-electron chi connectivity index (χ2n) is 4.03. The van der Waals surface area contributed by atoms with Crippen LogP contribution in [0.5, 0.6) is 0 Å². The Morgan fingerprint density at radius 1 is 1.59 bits per heavy atom. The van der Waals surface area contributed by atoms with Gasteiger partial charge in [-0.2, -0.15) is 9.40 Å². The van der Waals surface area contributed by atoms with Gasteiger partial charge in [0.15, 0.2) is 6.04 Å². The van der Waals surface area contributed by atoms with E-state index in [0.29, 0.717) is 12.0 Å². The molecule has 0 spiro atoms. The van der Waals surface area contributed by atoms with Crippen LogP contribution in [0.25, 0.3) is 0 Å². The largest absolute Gasteiger partial charge is 0.480 e. The Kier molecular flexibility index (Phi) is 2.70. The van der Waals surface area contributed by atoms with Crippen molar-refractivity contribution in [3.8, 4) is 0 Å². The quantitative estimate of drug-likeness (QED) is 0.763. The fourth-order valence-electron chi connectivity index (χ4n) is 2.13. The van der Waals surface area contributed by atoms with E-state index in [-0.39, 0.29) is 6.54 Å². The average Bonchev–Trinajstić information content (AvgIpc) is 2.57. The molecule has 1 unspecified atom stereocenters. The molecule has 1 aliphatic heterocycles.